The van der Waals surface area contributed by atoms with E-state index in [1.807, 2.05) is 49.4 Å². The van der Waals surface area contributed by atoms with Crippen molar-refractivity contribution in [3.63, 3.8) is 0 Å². The van der Waals surface area contributed by atoms with Crippen molar-refractivity contribution in [2.24, 2.45) is 0 Å². The zero-order valence-electron chi connectivity index (χ0n) is 11.3. The molecule has 0 heterocycles. The molecule has 0 spiro atoms. The van der Waals surface area contributed by atoms with Crippen LogP contribution in [0.15, 0.2) is 46.9 Å². The molecule has 0 aromatic heterocycles. The predicted octanol–water partition coefficient (Wildman–Crippen LogP) is 4.02. The maximum atomic E-state index is 11.0. The third-order valence-corrected chi connectivity index (χ3v) is 3.97. The molecule has 2 nitrogen and oxygen atoms in total. The molecule has 1 atom stereocenters. The smallest absolute Gasteiger partial charge is 0.125 e. The Morgan fingerprint density at radius 2 is 1.79 bits per heavy atom. The average molecular weight is 321 g/mol. The molecule has 1 unspecified atom stereocenters. The second-order valence-corrected chi connectivity index (χ2v) is 5.61. The number of rotatable bonds is 3. The van der Waals surface area contributed by atoms with Crippen molar-refractivity contribution in [3.05, 3.63) is 63.6 Å². The fraction of sp³-hybridized carbons (Fsp3) is 0.250. The van der Waals surface area contributed by atoms with E-state index >= 15 is 0 Å². The van der Waals surface area contributed by atoms with Crippen LogP contribution in [-0.2, 0) is 5.60 Å². The highest BCUT2D eigenvalue weighted by molar-refractivity contribution is 9.10. The minimum Gasteiger partial charge on any atom is -0.496 e. The second-order valence-electron chi connectivity index (χ2n) is 4.76. The van der Waals surface area contributed by atoms with Gasteiger partial charge in [0.2, 0.25) is 0 Å². The summed E-state index contributed by atoms with van der Waals surface area (Å²) in [6.45, 7) is 3.78. The Morgan fingerprint density at radius 1 is 1.11 bits per heavy atom. The molecule has 100 valence electrons. The number of methoxy groups -OCH3 is 1. The molecule has 0 fully saturated rings. The zero-order chi connectivity index (χ0) is 14.0. The normalized spacial score (nSPS) is 13.9. The molecule has 2 rings (SSSR count). The number of ether oxygens (including phenoxy) is 1. The monoisotopic (exact) mass is 320 g/mol. The summed E-state index contributed by atoms with van der Waals surface area (Å²) >= 11 is 3.49. The van der Waals surface area contributed by atoms with Gasteiger partial charge in [-0.05, 0) is 32.0 Å². The lowest BCUT2D eigenvalue weighted by molar-refractivity contribution is 0.0981. The quantitative estimate of drug-likeness (QED) is 0.925. The first-order chi connectivity index (χ1) is 8.96. The van der Waals surface area contributed by atoms with E-state index in [-0.39, 0.29) is 0 Å². The molecule has 0 saturated heterocycles. The molecule has 3 heteroatoms. The van der Waals surface area contributed by atoms with Crippen molar-refractivity contribution in [1.29, 1.82) is 0 Å². The van der Waals surface area contributed by atoms with E-state index in [1.165, 1.54) is 0 Å². The van der Waals surface area contributed by atoms with Gasteiger partial charge in [0, 0.05) is 15.6 Å². The molecule has 2 aromatic carbocycles. The summed E-state index contributed by atoms with van der Waals surface area (Å²) in [7, 11) is 1.62. The van der Waals surface area contributed by atoms with Crippen molar-refractivity contribution in [2.45, 2.75) is 19.4 Å². The summed E-state index contributed by atoms with van der Waals surface area (Å²) in [5.74, 6) is 0.686. The van der Waals surface area contributed by atoms with E-state index in [4.69, 9.17) is 4.74 Å². The van der Waals surface area contributed by atoms with Gasteiger partial charge in [-0.3, -0.25) is 0 Å². The van der Waals surface area contributed by atoms with Gasteiger partial charge in [-0.15, -0.1) is 0 Å². The molecule has 0 aliphatic heterocycles. The van der Waals surface area contributed by atoms with Gasteiger partial charge < -0.3 is 9.84 Å². The van der Waals surface area contributed by atoms with E-state index in [1.54, 1.807) is 14.0 Å². The summed E-state index contributed by atoms with van der Waals surface area (Å²) in [5.41, 5.74) is 1.56. The number of aryl methyl sites for hydroxylation is 1. The molecule has 0 bridgehead atoms. The minimum absolute atomic E-state index is 0.686. The van der Waals surface area contributed by atoms with Gasteiger partial charge in [0.15, 0.2) is 0 Å². The lowest BCUT2D eigenvalue weighted by Crippen LogP contribution is -2.24. The van der Waals surface area contributed by atoms with Crippen molar-refractivity contribution >= 4 is 15.9 Å². The first-order valence-corrected chi connectivity index (χ1v) is 6.88. The van der Waals surface area contributed by atoms with Crippen molar-refractivity contribution in [3.8, 4) is 5.75 Å². The van der Waals surface area contributed by atoms with Crippen molar-refractivity contribution in [1.82, 2.24) is 0 Å². The van der Waals surface area contributed by atoms with Crippen molar-refractivity contribution in [2.75, 3.05) is 7.11 Å². The number of halogens is 1. The van der Waals surface area contributed by atoms with Crippen LogP contribution in [0.4, 0.5) is 0 Å². The summed E-state index contributed by atoms with van der Waals surface area (Å²) in [6.07, 6.45) is 0. The lowest BCUT2D eigenvalue weighted by Gasteiger charge is -2.27. The summed E-state index contributed by atoms with van der Waals surface area (Å²) in [4.78, 5) is 0. The standard InChI is InChI=1S/C16H17BrO2/c1-11-8-9-15(19-3)13(10-11)16(2,18)12-6-4-5-7-14(12)17/h4-10,18H,1-3H3. The van der Waals surface area contributed by atoms with E-state index in [9.17, 15) is 5.11 Å². The molecule has 2 aromatic rings. The Bertz CT molecular complexity index is 591. The molecular weight excluding hydrogens is 304 g/mol. The van der Waals surface area contributed by atoms with Crippen LogP contribution in [-0.4, -0.2) is 12.2 Å². The predicted molar refractivity (Wildman–Crippen MR) is 80.5 cm³/mol. The number of aliphatic hydroxyl groups is 1. The molecular formula is C16H17BrO2. The summed E-state index contributed by atoms with van der Waals surface area (Å²) < 4.78 is 6.25. The van der Waals surface area contributed by atoms with E-state index in [0.717, 1.165) is 21.2 Å². The van der Waals surface area contributed by atoms with E-state index < -0.39 is 5.60 Å². The van der Waals surface area contributed by atoms with Gasteiger partial charge in [0.1, 0.15) is 11.4 Å². The maximum Gasteiger partial charge on any atom is 0.125 e. The highest BCUT2D eigenvalue weighted by atomic mass is 79.9. The second kappa shape index (κ2) is 5.35. The summed E-state index contributed by atoms with van der Waals surface area (Å²) in [5, 5.41) is 11.0. The Labute approximate surface area is 122 Å². The fourth-order valence-corrected chi connectivity index (χ4v) is 2.87. The third-order valence-electron chi connectivity index (χ3n) is 3.28. The zero-order valence-corrected chi connectivity index (χ0v) is 12.9. The SMILES string of the molecule is COc1ccc(C)cc1C(C)(O)c1ccccc1Br. The highest BCUT2D eigenvalue weighted by Crippen LogP contribution is 2.38. The maximum absolute atomic E-state index is 11.0. The van der Waals surface area contributed by atoms with Crippen LogP contribution in [0.25, 0.3) is 0 Å². The van der Waals surface area contributed by atoms with Crippen LogP contribution >= 0.6 is 15.9 Å². The van der Waals surface area contributed by atoms with Gasteiger partial charge in [-0.1, -0.05) is 45.8 Å². The molecule has 0 aliphatic rings. The Balaban J connectivity index is 2.62. The van der Waals surface area contributed by atoms with Crippen LogP contribution in [0.1, 0.15) is 23.6 Å². The van der Waals surface area contributed by atoms with E-state index in [0.29, 0.717) is 5.75 Å². The lowest BCUT2D eigenvalue weighted by atomic mass is 9.87. The minimum atomic E-state index is -1.11. The van der Waals surface area contributed by atoms with Crippen LogP contribution in [0.3, 0.4) is 0 Å². The number of hydrogen-bond donors (Lipinski definition) is 1. The number of benzene rings is 2. The first kappa shape index (κ1) is 14.1. The fourth-order valence-electron chi connectivity index (χ4n) is 2.20. The van der Waals surface area contributed by atoms with E-state index in [2.05, 4.69) is 15.9 Å². The van der Waals surface area contributed by atoms with Crippen molar-refractivity contribution < 1.29 is 9.84 Å². The molecule has 1 N–H and O–H groups in total. The van der Waals surface area contributed by atoms with Crippen LogP contribution in [0.5, 0.6) is 5.75 Å². The summed E-state index contributed by atoms with van der Waals surface area (Å²) in [6, 6.07) is 13.5. The largest absolute Gasteiger partial charge is 0.496 e. The van der Waals surface area contributed by atoms with Gasteiger partial charge in [-0.25, -0.2) is 0 Å². The first-order valence-electron chi connectivity index (χ1n) is 6.09. The van der Waals surface area contributed by atoms with Gasteiger partial charge in [0.25, 0.3) is 0 Å². The molecule has 0 radical (unpaired) electrons. The highest BCUT2D eigenvalue weighted by Gasteiger charge is 2.30. The van der Waals surface area contributed by atoms with Crippen LogP contribution in [0, 0.1) is 6.92 Å². The topological polar surface area (TPSA) is 29.5 Å². The Morgan fingerprint density at radius 3 is 2.42 bits per heavy atom. The number of hydrogen-bond acceptors (Lipinski definition) is 2. The third kappa shape index (κ3) is 2.67. The molecule has 0 saturated carbocycles. The average Bonchev–Trinajstić information content (AvgIpc) is 2.39. The van der Waals surface area contributed by atoms with Gasteiger partial charge in [0.05, 0.1) is 7.11 Å². The van der Waals surface area contributed by atoms with Crippen LogP contribution < -0.4 is 4.74 Å². The molecule has 0 amide bonds. The molecule has 0 aliphatic carbocycles. The Hall–Kier alpha value is -1.32. The van der Waals surface area contributed by atoms with Crippen LogP contribution in [0.2, 0.25) is 0 Å². The molecule has 19 heavy (non-hydrogen) atoms. The van der Waals surface area contributed by atoms with Gasteiger partial charge >= 0.3 is 0 Å². The van der Waals surface area contributed by atoms with Gasteiger partial charge in [-0.2, -0.15) is 0 Å². The Kier molecular flexibility index (Phi) is 3.97.